The molecule has 0 bridgehead atoms. The Morgan fingerprint density at radius 2 is 2.16 bits per heavy atom. The Kier molecular flexibility index (Phi) is 7.30. The summed E-state index contributed by atoms with van der Waals surface area (Å²) < 4.78 is 29.9. The first-order valence-corrected chi connectivity index (χ1v) is 14.2. The smallest absolute Gasteiger partial charge is 0.333 e. The number of hydrogen-bond donors (Lipinski definition) is 3. The normalized spacial score (nSPS) is 19.9. The highest BCUT2D eigenvalue weighted by Gasteiger charge is 2.34. The standard InChI is InChI=1S/C24H24ClN5O5S2/c25-17-1-2-22-19(6-17)16(12-36-22)10-30-4-3-14(9-30)23(32)20-8-27-13-28-24(20)29-18-5-15(21(31)7-18)11-35-37(26,33)34/h1-4,6,8-9,12-13,15,18,21,31H,5,7,10-11H2,(H2,26,33,34)(H,27,28,29)/t15-,18-,21+/m1/s1. The number of nitrogens with two attached hydrogens (primary N) is 1. The number of fused-ring (bicyclic) bond motifs is 1. The van der Waals surface area contributed by atoms with E-state index in [0.717, 1.165) is 15.6 Å². The van der Waals surface area contributed by atoms with Crippen LogP contribution in [0.4, 0.5) is 5.82 Å². The Morgan fingerprint density at radius 3 is 2.97 bits per heavy atom. The monoisotopic (exact) mass is 561 g/mol. The summed E-state index contributed by atoms with van der Waals surface area (Å²) in [5.74, 6) is -0.321. The molecular formula is C24H24ClN5O5S2. The highest BCUT2D eigenvalue weighted by atomic mass is 35.5. The number of ketones is 1. The molecule has 3 aromatic heterocycles. The van der Waals surface area contributed by atoms with E-state index in [-0.39, 0.29) is 18.4 Å². The summed E-state index contributed by atoms with van der Waals surface area (Å²) in [5.41, 5.74) is 1.90. The largest absolute Gasteiger partial charge is 0.393 e. The zero-order valence-electron chi connectivity index (χ0n) is 19.5. The molecule has 10 nitrogen and oxygen atoms in total. The third kappa shape index (κ3) is 6.00. The third-order valence-corrected chi connectivity index (χ3v) is 8.09. The highest BCUT2D eigenvalue weighted by molar-refractivity contribution is 7.84. The number of benzene rings is 1. The molecule has 1 aliphatic rings. The van der Waals surface area contributed by atoms with Gasteiger partial charge in [-0.15, -0.1) is 11.3 Å². The predicted octanol–water partition coefficient (Wildman–Crippen LogP) is 3.20. The van der Waals surface area contributed by atoms with Crippen molar-refractivity contribution in [1.82, 2.24) is 14.5 Å². The van der Waals surface area contributed by atoms with Crippen molar-refractivity contribution in [1.29, 1.82) is 0 Å². The van der Waals surface area contributed by atoms with Crippen molar-refractivity contribution < 1.29 is 22.5 Å². The van der Waals surface area contributed by atoms with Gasteiger partial charge in [0.05, 0.1) is 18.3 Å². The van der Waals surface area contributed by atoms with Crippen LogP contribution >= 0.6 is 22.9 Å². The number of rotatable bonds is 9. The van der Waals surface area contributed by atoms with Crippen LogP contribution < -0.4 is 10.5 Å². The Hall–Kier alpha value is -2.87. The maximum Gasteiger partial charge on any atom is 0.333 e. The van der Waals surface area contributed by atoms with Gasteiger partial charge in [0.2, 0.25) is 0 Å². The zero-order valence-corrected chi connectivity index (χ0v) is 21.8. The number of nitrogens with one attached hydrogen (secondary N) is 1. The molecule has 0 spiro atoms. The van der Waals surface area contributed by atoms with Gasteiger partial charge in [-0.1, -0.05) is 11.6 Å². The van der Waals surface area contributed by atoms with Crippen LogP contribution in [-0.2, 0) is 21.0 Å². The minimum absolute atomic E-state index is 0.215. The fourth-order valence-electron chi connectivity index (χ4n) is 4.59. The summed E-state index contributed by atoms with van der Waals surface area (Å²) in [4.78, 5) is 21.6. The molecule has 0 amide bonds. The highest BCUT2D eigenvalue weighted by Crippen LogP contribution is 2.31. The van der Waals surface area contributed by atoms with Crippen LogP contribution in [0.25, 0.3) is 10.1 Å². The molecule has 3 heterocycles. The van der Waals surface area contributed by atoms with Crippen molar-refractivity contribution in [3.63, 3.8) is 0 Å². The second-order valence-corrected chi connectivity index (χ2v) is 11.6. The van der Waals surface area contributed by atoms with Crippen LogP contribution in [0, 0.1) is 5.92 Å². The van der Waals surface area contributed by atoms with Crippen LogP contribution in [-0.4, -0.2) is 52.6 Å². The predicted molar refractivity (Wildman–Crippen MR) is 141 cm³/mol. The van der Waals surface area contributed by atoms with E-state index in [9.17, 15) is 18.3 Å². The van der Waals surface area contributed by atoms with Gasteiger partial charge in [-0.2, -0.15) is 8.42 Å². The van der Waals surface area contributed by atoms with Gasteiger partial charge in [0, 0.05) is 52.4 Å². The van der Waals surface area contributed by atoms with Gasteiger partial charge in [-0.05, 0) is 53.4 Å². The van der Waals surface area contributed by atoms with Crippen LogP contribution in [0.5, 0.6) is 0 Å². The Morgan fingerprint density at radius 1 is 1.32 bits per heavy atom. The number of anilines is 1. The van der Waals surface area contributed by atoms with Gasteiger partial charge in [0.15, 0.2) is 5.78 Å². The number of carbonyl (C=O) groups is 1. The topological polar surface area (TPSA) is 149 Å². The second kappa shape index (κ2) is 10.5. The number of nitrogens with zero attached hydrogens (tertiary/aromatic N) is 3. The molecule has 0 unspecified atom stereocenters. The molecule has 5 rings (SSSR count). The van der Waals surface area contributed by atoms with Crippen LogP contribution in [0.2, 0.25) is 5.02 Å². The van der Waals surface area contributed by atoms with Gasteiger partial charge in [-0.25, -0.2) is 15.1 Å². The van der Waals surface area contributed by atoms with E-state index in [2.05, 4.69) is 24.8 Å². The lowest BCUT2D eigenvalue weighted by Crippen LogP contribution is -2.24. The van der Waals surface area contributed by atoms with Gasteiger partial charge in [0.1, 0.15) is 12.1 Å². The van der Waals surface area contributed by atoms with Crippen molar-refractivity contribution in [2.45, 2.75) is 31.5 Å². The van der Waals surface area contributed by atoms with E-state index in [1.165, 1.54) is 12.5 Å². The SMILES string of the molecule is NS(=O)(=O)OC[C@H]1C[C@@H](Nc2ncncc2C(=O)c2ccn(Cc3csc4ccc(Cl)cc34)c2)C[C@@H]1O. The molecule has 0 radical (unpaired) electrons. The molecule has 37 heavy (non-hydrogen) atoms. The quantitative estimate of drug-likeness (QED) is 0.264. The Bertz CT molecular complexity index is 1550. The molecule has 194 valence electrons. The molecular weight excluding hydrogens is 538 g/mol. The number of carbonyl (C=O) groups excluding carboxylic acids is 1. The van der Waals surface area contributed by atoms with E-state index in [1.807, 2.05) is 29.0 Å². The summed E-state index contributed by atoms with van der Waals surface area (Å²) in [7, 11) is -4.09. The van der Waals surface area contributed by atoms with Crippen molar-refractivity contribution in [2.75, 3.05) is 11.9 Å². The first-order valence-electron chi connectivity index (χ1n) is 11.4. The number of halogens is 1. The van der Waals surface area contributed by atoms with Gasteiger partial charge in [-0.3, -0.25) is 8.98 Å². The molecule has 4 aromatic rings. The maximum atomic E-state index is 13.4. The number of aliphatic hydroxyl groups is 1. The molecule has 1 fully saturated rings. The first-order chi connectivity index (χ1) is 17.7. The van der Waals surface area contributed by atoms with E-state index in [0.29, 0.717) is 41.4 Å². The number of hydrogen-bond acceptors (Lipinski definition) is 9. The fraction of sp³-hybridized carbons (Fsp3) is 0.292. The average molecular weight is 562 g/mol. The molecule has 3 atom stereocenters. The maximum absolute atomic E-state index is 13.4. The molecule has 4 N–H and O–H groups in total. The molecule has 0 saturated heterocycles. The van der Waals surface area contributed by atoms with Crippen molar-refractivity contribution in [3.8, 4) is 0 Å². The average Bonchev–Trinajstić information content (AvgIpc) is 3.57. The lowest BCUT2D eigenvalue weighted by atomic mass is 10.1. The van der Waals surface area contributed by atoms with E-state index in [1.54, 1.807) is 23.6 Å². The van der Waals surface area contributed by atoms with Gasteiger partial charge in [0.25, 0.3) is 0 Å². The second-order valence-electron chi connectivity index (χ2n) is 9.01. The molecule has 1 saturated carbocycles. The summed E-state index contributed by atoms with van der Waals surface area (Å²) in [6.45, 7) is 0.374. The Labute approximate surface area is 222 Å². The lowest BCUT2D eigenvalue weighted by molar-refractivity contribution is 0.101. The third-order valence-electron chi connectivity index (χ3n) is 6.38. The summed E-state index contributed by atoms with van der Waals surface area (Å²) in [5, 5.41) is 22.3. The Balaban J connectivity index is 1.29. The summed E-state index contributed by atoms with van der Waals surface area (Å²) in [6, 6.07) is 7.33. The van der Waals surface area contributed by atoms with E-state index >= 15 is 0 Å². The lowest BCUT2D eigenvalue weighted by Gasteiger charge is -2.15. The van der Waals surface area contributed by atoms with Gasteiger partial charge < -0.3 is 15.0 Å². The van der Waals surface area contributed by atoms with Crippen LogP contribution in [0.3, 0.4) is 0 Å². The van der Waals surface area contributed by atoms with E-state index < -0.39 is 22.3 Å². The van der Waals surface area contributed by atoms with Gasteiger partial charge >= 0.3 is 10.3 Å². The molecule has 1 aliphatic carbocycles. The number of aliphatic hydroxyl groups excluding tert-OH is 1. The number of aromatic nitrogens is 3. The minimum Gasteiger partial charge on any atom is -0.393 e. The zero-order chi connectivity index (χ0) is 26.2. The minimum atomic E-state index is -4.09. The van der Waals surface area contributed by atoms with Crippen LogP contribution in [0.15, 0.2) is 54.6 Å². The van der Waals surface area contributed by atoms with Crippen molar-refractivity contribution in [3.05, 3.63) is 76.3 Å². The molecule has 1 aromatic carbocycles. The van der Waals surface area contributed by atoms with Crippen LogP contribution in [0.1, 0.15) is 34.3 Å². The first kappa shape index (κ1) is 25.8. The fourth-order valence-corrected chi connectivity index (χ4v) is 6.06. The van der Waals surface area contributed by atoms with Crippen molar-refractivity contribution in [2.24, 2.45) is 11.1 Å². The molecule has 0 aliphatic heterocycles. The summed E-state index contributed by atoms with van der Waals surface area (Å²) in [6.07, 6.45) is 6.40. The van der Waals surface area contributed by atoms with Crippen molar-refractivity contribution >= 4 is 54.9 Å². The summed E-state index contributed by atoms with van der Waals surface area (Å²) >= 11 is 7.82. The van der Waals surface area contributed by atoms with E-state index in [4.69, 9.17) is 16.7 Å². The molecule has 13 heteroatoms. The number of thiophene rings is 1.